The summed E-state index contributed by atoms with van der Waals surface area (Å²) in [4.78, 5) is 16.7. The van der Waals surface area contributed by atoms with E-state index in [0.29, 0.717) is 18.4 Å². The van der Waals surface area contributed by atoms with Crippen LogP contribution < -0.4 is 9.64 Å². The second kappa shape index (κ2) is 10.3. The molecule has 2 atom stereocenters. The number of ether oxygens (including phenoxy) is 1. The molecule has 11 heteroatoms. The molecule has 1 N–H and O–H groups in total. The van der Waals surface area contributed by atoms with Crippen LogP contribution in [0.1, 0.15) is 24.8 Å². The van der Waals surface area contributed by atoms with Gasteiger partial charge in [0.15, 0.2) is 5.82 Å². The van der Waals surface area contributed by atoms with Gasteiger partial charge in [0.05, 0.1) is 16.5 Å². The highest BCUT2D eigenvalue weighted by atomic mass is 19.1. The minimum atomic E-state index is -0.955. The average Bonchev–Trinajstić information content (AvgIpc) is 3.47. The first-order chi connectivity index (χ1) is 19.7. The molecule has 2 aliphatic heterocycles. The van der Waals surface area contributed by atoms with Crippen molar-refractivity contribution in [3.63, 3.8) is 0 Å². The van der Waals surface area contributed by atoms with Gasteiger partial charge in [0.2, 0.25) is 0 Å². The number of alkyl halides is 2. The van der Waals surface area contributed by atoms with Crippen LogP contribution in [0.3, 0.4) is 0 Å². The van der Waals surface area contributed by atoms with Gasteiger partial charge in [-0.2, -0.15) is 9.97 Å². The van der Waals surface area contributed by atoms with E-state index in [9.17, 15) is 18.3 Å². The number of anilines is 1. The maximum absolute atomic E-state index is 16.4. The Labute approximate surface area is 233 Å². The number of pyridine rings is 1. The smallest absolute Gasteiger partial charge is 0.319 e. The zero-order valence-corrected chi connectivity index (χ0v) is 22.3. The fourth-order valence-electron chi connectivity index (χ4n) is 6.20. The van der Waals surface area contributed by atoms with Crippen molar-refractivity contribution < 1.29 is 27.4 Å². The van der Waals surface area contributed by atoms with Crippen LogP contribution in [0.25, 0.3) is 32.9 Å². The number of phenolic OH excluding ortho intramolecular Hbond substituents is 1. The summed E-state index contributed by atoms with van der Waals surface area (Å²) in [5.41, 5.74) is -0.891. The van der Waals surface area contributed by atoms with Crippen molar-refractivity contribution in [1.29, 1.82) is 0 Å². The van der Waals surface area contributed by atoms with Crippen molar-refractivity contribution in [3.05, 3.63) is 47.7 Å². The predicted molar refractivity (Wildman–Crippen MR) is 148 cm³/mol. The third kappa shape index (κ3) is 4.56. The number of phenols is 1. The number of aromatic hydroxyl groups is 1. The van der Waals surface area contributed by atoms with Crippen molar-refractivity contribution in [3.8, 4) is 35.4 Å². The summed E-state index contributed by atoms with van der Waals surface area (Å²) >= 11 is 0. The van der Waals surface area contributed by atoms with Gasteiger partial charge in [-0.25, -0.2) is 17.6 Å². The first kappa shape index (κ1) is 27.0. The number of halogens is 4. The Hall–Kier alpha value is -4.17. The average molecular weight is 566 g/mol. The number of terminal acetylenes is 1. The molecule has 212 valence electrons. The molecule has 41 heavy (non-hydrogen) atoms. The number of benzene rings is 2. The molecule has 4 aromatic rings. The van der Waals surface area contributed by atoms with Gasteiger partial charge >= 0.3 is 6.01 Å². The van der Waals surface area contributed by atoms with Gasteiger partial charge in [0, 0.05) is 43.7 Å². The molecular weight excluding hydrogens is 538 g/mol. The molecule has 4 heterocycles. The summed E-state index contributed by atoms with van der Waals surface area (Å²) in [5.74, 6) is 0.762. The lowest BCUT2D eigenvalue weighted by Gasteiger charge is -2.31. The molecule has 2 aromatic heterocycles. The number of aromatic nitrogens is 3. The molecule has 7 nitrogen and oxygen atoms in total. The number of hydrogen-bond acceptors (Lipinski definition) is 7. The largest absolute Gasteiger partial charge is 0.508 e. The summed E-state index contributed by atoms with van der Waals surface area (Å²) < 4.78 is 64.6. The second-order valence-corrected chi connectivity index (χ2v) is 10.6. The van der Waals surface area contributed by atoms with Crippen LogP contribution in [0.4, 0.5) is 23.4 Å². The van der Waals surface area contributed by atoms with Gasteiger partial charge < -0.3 is 14.7 Å². The van der Waals surface area contributed by atoms with Gasteiger partial charge in [0.1, 0.15) is 48.0 Å². The molecule has 0 amide bonds. The van der Waals surface area contributed by atoms with E-state index in [1.165, 1.54) is 35.4 Å². The van der Waals surface area contributed by atoms with Gasteiger partial charge in [-0.15, -0.1) is 6.42 Å². The monoisotopic (exact) mass is 565 g/mol. The summed E-state index contributed by atoms with van der Waals surface area (Å²) in [6.07, 6.45) is 7.99. The van der Waals surface area contributed by atoms with Crippen LogP contribution in [0, 0.1) is 24.0 Å². The number of hydrogen-bond donors (Lipinski definition) is 1. The van der Waals surface area contributed by atoms with Crippen molar-refractivity contribution >= 4 is 27.5 Å². The maximum Gasteiger partial charge on any atom is 0.319 e. The van der Waals surface area contributed by atoms with Crippen LogP contribution in [0.15, 0.2) is 30.5 Å². The Kier molecular flexibility index (Phi) is 6.82. The molecule has 2 saturated heterocycles. The van der Waals surface area contributed by atoms with Crippen LogP contribution in [0.5, 0.6) is 11.8 Å². The van der Waals surface area contributed by atoms with E-state index < -0.39 is 30.0 Å². The Morgan fingerprint density at radius 2 is 2.10 bits per heavy atom. The highest BCUT2D eigenvalue weighted by molar-refractivity contribution is 6.03. The summed E-state index contributed by atoms with van der Waals surface area (Å²) in [7, 11) is 1.60. The normalized spacial score (nSPS) is 20.4. The van der Waals surface area contributed by atoms with Gasteiger partial charge in [-0.05, 0) is 43.0 Å². The summed E-state index contributed by atoms with van der Waals surface area (Å²) in [5, 5.41) is 11.2. The van der Waals surface area contributed by atoms with Crippen molar-refractivity contribution in [2.75, 3.05) is 44.9 Å². The van der Waals surface area contributed by atoms with Crippen LogP contribution in [-0.4, -0.2) is 76.6 Å². The van der Waals surface area contributed by atoms with Crippen molar-refractivity contribution in [2.24, 2.45) is 0 Å². The third-order valence-corrected chi connectivity index (χ3v) is 8.11. The highest BCUT2D eigenvalue weighted by Gasteiger charge is 2.49. The quantitative estimate of drug-likeness (QED) is 0.245. The lowest BCUT2D eigenvalue weighted by Crippen LogP contribution is -2.43. The lowest BCUT2D eigenvalue weighted by molar-refractivity contribution is 0.107. The fourth-order valence-corrected chi connectivity index (χ4v) is 6.20. The van der Waals surface area contributed by atoms with E-state index in [1.54, 1.807) is 7.05 Å². The molecule has 2 fully saturated rings. The maximum atomic E-state index is 16.4. The minimum Gasteiger partial charge on any atom is -0.508 e. The Balaban J connectivity index is 1.50. The van der Waals surface area contributed by atoms with Crippen LogP contribution in [0.2, 0.25) is 0 Å². The zero-order chi connectivity index (χ0) is 28.9. The molecule has 2 aliphatic rings. The molecule has 2 aromatic carbocycles. The fraction of sp³-hybridized carbons (Fsp3) is 0.367. The highest BCUT2D eigenvalue weighted by Crippen LogP contribution is 2.41. The van der Waals surface area contributed by atoms with E-state index >= 15 is 4.39 Å². The molecule has 0 radical (unpaired) electrons. The van der Waals surface area contributed by atoms with Crippen molar-refractivity contribution in [1.82, 2.24) is 19.9 Å². The van der Waals surface area contributed by atoms with Gasteiger partial charge in [0.25, 0.3) is 0 Å². The van der Waals surface area contributed by atoms with Crippen LogP contribution in [-0.2, 0) is 0 Å². The lowest BCUT2D eigenvalue weighted by atomic mass is 9.95. The SMILES string of the molecule is C#Cc1c(F)ccc2cc(O)cc(-c3ncc4c(N(C)CCF)nc(OC[C@@]56CCCN5C[C@H](F)C6)nc4c3F)c12. The Morgan fingerprint density at radius 3 is 2.88 bits per heavy atom. The summed E-state index contributed by atoms with van der Waals surface area (Å²) in [6.45, 7) is 0.519. The number of nitrogens with zero attached hydrogens (tertiary/aromatic N) is 5. The molecule has 0 spiro atoms. The minimum absolute atomic E-state index is 0.0296. The van der Waals surface area contributed by atoms with Gasteiger partial charge in [-0.1, -0.05) is 12.0 Å². The van der Waals surface area contributed by atoms with E-state index in [1.807, 2.05) is 0 Å². The van der Waals surface area contributed by atoms with E-state index in [2.05, 4.69) is 25.8 Å². The van der Waals surface area contributed by atoms with Crippen molar-refractivity contribution in [2.45, 2.75) is 31.0 Å². The van der Waals surface area contributed by atoms with E-state index in [4.69, 9.17) is 11.2 Å². The first-order valence-corrected chi connectivity index (χ1v) is 13.3. The molecule has 0 saturated carbocycles. The molecule has 0 aliphatic carbocycles. The second-order valence-electron chi connectivity index (χ2n) is 10.6. The topological polar surface area (TPSA) is 74.6 Å². The summed E-state index contributed by atoms with van der Waals surface area (Å²) in [6, 6.07) is 5.12. The molecular formula is C30H27F4N5O2. The number of fused-ring (bicyclic) bond motifs is 3. The van der Waals surface area contributed by atoms with E-state index in [0.717, 1.165) is 19.4 Å². The standard InChI is InChI=1S/C30H27F4N5O2/c1-3-20-23(33)6-5-17-11-19(40)12-21(24(17)20)26-25(34)27-22(14-35-26)28(38(2)10-8-31)37-29(36-27)41-16-30-7-4-9-39(30)15-18(32)13-30/h1,5-6,11-12,14,18,40H,4,7-10,13,15-16H2,2H3/t18-,30+/m1/s1. The number of rotatable bonds is 7. The Morgan fingerprint density at radius 1 is 1.27 bits per heavy atom. The zero-order valence-electron chi connectivity index (χ0n) is 22.3. The van der Waals surface area contributed by atoms with Crippen LogP contribution >= 0.6 is 0 Å². The predicted octanol–water partition coefficient (Wildman–Crippen LogP) is 5.17. The van der Waals surface area contributed by atoms with E-state index in [-0.39, 0.29) is 63.8 Å². The molecule has 6 rings (SSSR count). The third-order valence-electron chi connectivity index (χ3n) is 8.11. The molecule has 0 bridgehead atoms. The molecule has 0 unspecified atom stereocenters. The first-order valence-electron chi connectivity index (χ1n) is 13.3. The van der Waals surface area contributed by atoms with Gasteiger partial charge in [-0.3, -0.25) is 9.88 Å². The Bertz CT molecular complexity index is 1710.